The summed E-state index contributed by atoms with van der Waals surface area (Å²) in [6, 6.07) is 7.03. The van der Waals surface area contributed by atoms with E-state index in [9.17, 15) is 0 Å². The van der Waals surface area contributed by atoms with Gasteiger partial charge in [0, 0.05) is 41.7 Å². The van der Waals surface area contributed by atoms with Gasteiger partial charge in [-0.2, -0.15) is 11.8 Å². The minimum atomic E-state index is 0.265. The van der Waals surface area contributed by atoms with Crippen molar-refractivity contribution in [1.82, 2.24) is 0 Å². The second-order valence-electron chi connectivity index (χ2n) is 5.99. The smallest absolute Gasteiger partial charge is 0.0480 e. The Hall–Kier alpha value is -1.26. The van der Waals surface area contributed by atoms with E-state index in [0.29, 0.717) is 6.04 Å². The van der Waals surface area contributed by atoms with Crippen molar-refractivity contribution in [3.8, 4) is 0 Å². The molecule has 2 unspecified atom stereocenters. The number of nitrogens with two attached hydrogens (primary N) is 2. The highest BCUT2D eigenvalue weighted by Gasteiger charge is 2.56. The van der Waals surface area contributed by atoms with E-state index >= 15 is 0 Å². The Labute approximate surface area is 130 Å². The zero-order chi connectivity index (χ0) is 14.9. The number of hydrogen-bond donors (Lipinski definition) is 2. The molecule has 21 heavy (non-hydrogen) atoms. The Morgan fingerprint density at radius 1 is 1.52 bits per heavy atom. The van der Waals surface area contributed by atoms with E-state index in [1.54, 1.807) is 18.0 Å². The van der Waals surface area contributed by atoms with Crippen LogP contribution in [0, 0.1) is 0 Å². The average Bonchev–Trinajstić information content (AvgIpc) is 3.01. The lowest BCUT2D eigenvalue weighted by atomic mass is 9.94. The molecule has 1 aromatic rings. The molecular formula is C17H23N3S. The second kappa shape index (κ2) is 5.85. The normalized spacial score (nSPS) is 27.5. The molecule has 4 N–H and O–H groups in total. The van der Waals surface area contributed by atoms with Gasteiger partial charge in [-0.15, -0.1) is 0 Å². The highest BCUT2D eigenvalue weighted by atomic mass is 32.2. The van der Waals surface area contributed by atoms with Gasteiger partial charge >= 0.3 is 0 Å². The molecule has 112 valence electrons. The molecule has 2 aliphatic rings. The Balaban J connectivity index is 1.83. The lowest BCUT2D eigenvalue weighted by Crippen LogP contribution is -2.15. The van der Waals surface area contributed by atoms with Crippen molar-refractivity contribution >= 4 is 23.5 Å². The monoisotopic (exact) mass is 301 g/mol. The third-order valence-corrected chi connectivity index (χ3v) is 5.38. The van der Waals surface area contributed by atoms with Crippen LogP contribution >= 0.6 is 11.8 Å². The van der Waals surface area contributed by atoms with Crippen LogP contribution in [0.15, 0.2) is 29.4 Å². The molecule has 1 aromatic carbocycles. The van der Waals surface area contributed by atoms with Crippen LogP contribution in [0.25, 0.3) is 5.57 Å². The van der Waals surface area contributed by atoms with Crippen LogP contribution < -0.4 is 11.5 Å². The van der Waals surface area contributed by atoms with Crippen molar-refractivity contribution in [2.45, 2.75) is 30.7 Å². The second-order valence-corrected chi connectivity index (χ2v) is 6.97. The van der Waals surface area contributed by atoms with Gasteiger partial charge in [-0.3, -0.25) is 4.99 Å². The minimum absolute atomic E-state index is 0.265. The summed E-state index contributed by atoms with van der Waals surface area (Å²) in [5.41, 5.74) is 17.3. The SMILES string of the molecule is CSCCN=CC(=CN)c1ccc2c(c1)C1(CC2)CC1N. The van der Waals surface area contributed by atoms with Gasteiger partial charge in [-0.25, -0.2) is 0 Å². The largest absolute Gasteiger partial charge is 0.404 e. The molecule has 0 aromatic heterocycles. The van der Waals surface area contributed by atoms with Crippen molar-refractivity contribution in [2.24, 2.45) is 16.5 Å². The summed E-state index contributed by atoms with van der Waals surface area (Å²) in [7, 11) is 0. The van der Waals surface area contributed by atoms with Crippen LogP contribution in [0.5, 0.6) is 0 Å². The first-order valence-corrected chi connectivity index (χ1v) is 8.90. The van der Waals surface area contributed by atoms with Crippen LogP contribution in [-0.2, 0) is 11.8 Å². The topological polar surface area (TPSA) is 64.4 Å². The maximum atomic E-state index is 6.18. The predicted octanol–water partition coefficient (Wildman–Crippen LogP) is 2.34. The van der Waals surface area contributed by atoms with Crippen molar-refractivity contribution in [1.29, 1.82) is 0 Å². The minimum Gasteiger partial charge on any atom is -0.404 e. The number of nitrogens with zero attached hydrogens (tertiary/aromatic N) is 1. The molecule has 3 nitrogen and oxygen atoms in total. The molecule has 1 fully saturated rings. The quantitative estimate of drug-likeness (QED) is 0.648. The number of hydrogen-bond acceptors (Lipinski definition) is 4. The van der Waals surface area contributed by atoms with Crippen molar-refractivity contribution in [3.05, 3.63) is 41.1 Å². The third kappa shape index (κ3) is 2.62. The molecule has 1 spiro atoms. The highest BCUT2D eigenvalue weighted by molar-refractivity contribution is 7.98. The first-order chi connectivity index (χ1) is 10.2. The van der Waals surface area contributed by atoms with Gasteiger partial charge in [-0.05, 0) is 42.2 Å². The van der Waals surface area contributed by atoms with Gasteiger partial charge in [0.25, 0.3) is 0 Å². The van der Waals surface area contributed by atoms with E-state index in [4.69, 9.17) is 11.5 Å². The number of fused-ring (bicyclic) bond motifs is 2. The molecule has 0 radical (unpaired) electrons. The number of rotatable bonds is 5. The highest BCUT2D eigenvalue weighted by Crippen LogP contribution is 2.55. The Morgan fingerprint density at radius 2 is 2.33 bits per heavy atom. The first-order valence-electron chi connectivity index (χ1n) is 7.51. The van der Waals surface area contributed by atoms with Crippen molar-refractivity contribution in [2.75, 3.05) is 18.6 Å². The van der Waals surface area contributed by atoms with Crippen LogP contribution in [0.3, 0.4) is 0 Å². The number of aryl methyl sites for hydroxylation is 1. The number of benzene rings is 1. The van der Waals surface area contributed by atoms with E-state index < -0.39 is 0 Å². The van der Waals surface area contributed by atoms with Gasteiger partial charge in [0.2, 0.25) is 0 Å². The standard InChI is InChI=1S/C17H23N3S/c1-21-7-6-20-11-14(10-18)13-3-2-12-4-5-17(9-16(17)19)15(12)8-13/h2-3,8,10-11,16H,4-7,9,18-19H2,1H3. The summed E-state index contributed by atoms with van der Waals surface area (Å²) < 4.78 is 0. The molecule has 0 saturated heterocycles. The molecule has 3 rings (SSSR count). The predicted molar refractivity (Wildman–Crippen MR) is 92.9 cm³/mol. The van der Waals surface area contributed by atoms with Crippen LogP contribution in [0.4, 0.5) is 0 Å². The summed E-state index contributed by atoms with van der Waals surface area (Å²) in [5, 5.41) is 0. The van der Waals surface area contributed by atoms with Gasteiger partial charge in [0.15, 0.2) is 0 Å². The van der Waals surface area contributed by atoms with E-state index in [-0.39, 0.29) is 5.41 Å². The van der Waals surface area contributed by atoms with E-state index in [2.05, 4.69) is 29.4 Å². The molecule has 2 aliphatic carbocycles. The summed E-state index contributed by atoms with van der Waals surface area (Å²) in [4.78, 5) is 4.45. The van der Waals surface area contributed by atoms with Crippen LogP contribution in [0.1, 0.15) is 29.5 Å². The molecule has 0 heterocycles. The lowest BCUT2D eigenvalue weighted by Gasteiger charge is -2.12. The van der Waals surface area contributed by atoms with Gasteiger partial charge in [0.1, 0.15) is 0 Å². The summed E-state index contributed by atoms with van der Waals surface area (Å²) in [6.07, 6.45) is 9.13. The average molecular weight is 301 g/mol. The fraction of sp³-hybridized carbons (Fsp3) is 0.471. The Bertz CT molecular complexity index is 594. The molecule has 0 bridgehead atoms. The number of allylic oxidation sites excluding steroid dienone is 1. The molecule has 0 aliphatic heterocycles. The van der Waals surface area contributed by atoms with E-state index in [1.165, 1.54) is 17.5 Å². The zero-order valence-corrected chi connectivity index (χ0v) is 13.3. The van der Waals surface area contributed by atoms with Gasteiger partial charge in [-0.1, -0.05) is 18.2 Å². The molecular weight excluding hydrogens is 278 g/mol. The van der Waals surface area contributed by atoms with E-state index in [0.717, 1.165) is 36.3 Å². The molecule has 0 amide bonds. The Morgan fingerprint density at radius 3 is 3.00 bits per heavy atom. The third-order valence-electron chi connectivity index (χ3n) is 4.79. The maximum Gasteiger partial charge on any atom is 0.0480 e. The van der Waals surface area contributed by atoms with Crippen LogP contribution in [0.2, 0.25) is 0 Å². The molecule has 4 heteroatoms. The van der Waals surface area contributed by atoms with Gasteiger partial charge < -0.3 is 11.5 Å². The van der Waals surface area contributed by atoms with Crippen molar-refractivity contribution < 1.29 is 0 Å². The van der Waals surface area contributed by atoms with E-state index in [1.807, 2.05) is 6.21 Å². The number of aliphatic imine (C=N–C) groups is 1. The molecule has 1 saturated carbocycles. The first kappa shape index (κ1) is 14.7. The fourth-order valence-corrected chi connectivity index (χ4v) is 3.67. The number of thioether (sulfide) groups is 1. The summed E-state index contributed by atoms with van der Waals surface area (Å²) in [6.45, 7) is 0.832. The van der Waals surface area contributed by atoms with Crippen molar-refractivity contribution in [3.63, 3.8) is 0 Å². The fourth-order valence-electron chi connectivity index (χ4n) is 3.38. The maximum absolute atomic E-state index is 6.18. The van der Waals surface area contributed by atoms with Crippen LogP contribution in [-0.4, -0.2) is 30.8 Å². The summed E-state index contributed by atoms with van der Waals surface area (Å²) >= 11 is 1.80. The Kier molecular flexibility index (Phi) is 4.09. The molecule has 2 atom stereocenters. The summed E-state index contributed by atoms with van der Waals surface area (Å²) in [5.74, 6) is 1.04. The lowest BCUT2D eigenvalue weighted by molar-refractivity contribution is 0.651. The van der Waals surface area contributed by atoms with Gasteiger partial charge in [0.05, 0.1) is 0 Å². The zero-order valence-electron chi connectivity index (χ0n) is 12.5.